The number of para-hydroxylation sites is 1. The fourth-order valence-corrected chi connectivity index (χ4v) is 6.85. The van der Waals surface area contributed by atoms with Crippen molar-refractivity contribution in [2.24, 2.45) is 0 Å². The van der Waals surface area contributed by atoms with E-state index in [1.165, 1.54) is 23.1 Å². The van der Waals surface area contributed by atoms with Gasteiger partial charge < -0.3 is 35.1 Å². The zero-order chi connectivity index (χ0) is 35.0. The molecule has 4 N–H and O–H groups in total. The first-order valence-electron chi connectivity index (χ1n) is 17.0. The Hall–Kier alpha value is -3.53. The van der Waals surface area contributed by atoms with Crippen molar-refractivity contribution in [3.8, 4) is 5.75 Å². The fourth-order valence-electron chi connectivity index (χ4n) is 6.85. The molecule has 0 saturated carbocycles. The maximum absolute atomic E-state index is 14.3. The van der Waals surface area contributed by atoms with Crippen molar-refractivity contribution in [2.75, 3.05) is 6.54 Å². The van der Waals surface area contributed by atoms with Crippen molar-refractivity contribution < 1.29 is 47.1 Å². The van der Waals surface area contributed by atoms with E-state index in [9.17, 15) is 37.6 Å². The van der Waals surface area contributed by atoms with Crippen LogP contribution in [0.3, 0.4) is 0 Å². The van der Waals surface area contributed by atoms with E-state index in [2.05, 4.69) is 15.4 Å². The predicted octanol–water partition coefficient (Wildman–Crippen LogP) is 4.61. The second-order valence-corrected chi connectivity index (χ2v) is 13.0. The summed E-state index contributed by atoms with van der Waals surface area (Å²) < 4.78 is 49.3. The first kappa shape index (κ1) is 39.3. The van der Waals surface area contributed by atoms with Crippen LogP contribution < -0.4 is 15.4 Å². The number of carbonyl (C=O) groups excluding carboxylic acids is 3. The largest absolute Gasteiger partial charge is 0.573 e. The van der Waals surface area contributed by atoms with Gasteiger partial charge in [0.15, 0.2) is 0 Å². The summed E-state index contributed by atoms with van der Waals surface area (Å²) in [7, 11) is -1.81. The van der Waals surface area contributed by atoms with Crippen LogP contribution in [0.15, 0.2) is 48.5 Å². The van der Waals surface area contributed by atoms with Crippen LogP contribution >= 0.6 is 12.4 Å². The number of benzene rings is 2. The number of ether oxygens (including phenoxy) is 2. The minimum atomic E-state index is -4.89. The summed E-state index contributed by atoms with van der Waals surface area (Å²) >= 11 is 0. The van der Waals surface area contributed by atoms with Crippen molar-refractivity contribution in [2.45, 2.75) is 114 Å². The van der Waals surface area contributed by atoms with Gasteiger partial charge in [-0.3, -0.25) is 14.5 Å². The van der Waals surface area contributed by atoms with Crippen molar-refractivity contribution in [3.63, 3.8) is 0 Å². The van der Waals surface area contributed by atoms with Crippen LogP contribution in [0.25, 0.3) is 0 Å². The number of nitrogens with one attached hydrogen (secondary N) is 2. The first-order chi connectivity index (χ1) is 23.5. The molecule has 3 amide bonds. The van der Waals surface area contributed by atoms with Gasteiger partial charge in [-0.25, -0.2) is 4.79 Å². The van der Waals surface area contributed by atoms with E-state index in [1.54, 1.807) is 11.0 Å². The molecule has 274 valence electrons. The Labute approximate surface area is 296 Å². The van der Waals surface area contributed by atoms with Gasteiger partial charge in [0.1, 0.15) is 17.9 Å². The molecule has 3 aliphatic heterocycles. The monoisotopic (exact) mass is 724 g/mol. The van der Waals surface area contributed by atoms with Gasteiger partial charge in [-0.1, -0.05) is 87.4 Å². The lowest BCUT2D eigenvalue weighted by atomic mass is 9.76. The molecular weight excluding hydrogens is 680 g/mol. The van der Waals surface area contributed by atoms with Crippen LogP contribution in [0.4, 0.5) is 18.0 Å². The van der Waals surface area contributed by atoms with E-state index in [-0.39, 0.29) is 43.2 Å². The highest BCUT2D eigenvalue weighted by atomic mass is 35.5. The van der Waals surface area contributed by atoms with Crippen molar-refractivity contribution >= 4 is 37.4 Å². The number of rotatable bonds is 6. The number of nitrogens with zero attached hydrogens (tertiary/aromatic N) is 2. The molecule has 2 saturated heterocycles. The topological polar surface area (TPSA) is 141 Å². The van der Waals surface area contributed by atoms with Gasteiger partial charge >= 0.3 is 19.6 Å². The van der Waals surface area contributed by atoms with Crippen LogP contribution in [0.2, 0.25) is 0 Å². The summed E-state index contributed by atoms with van der Waals surface area (Å²) in [5, 5.41) is 25.9. The van der Waals surface area contributed by atoms with Crippen LogP contribution in [0.5, 0.6) is 5.75 Å². The summed E-state index contributed by atoms with van der Waals surface area (Å²) in [6.45, 7) is 0.549. The molecule has 16 heteroatoms. The molecule has 2 fully saturated rings. The number of hydrogen-bond acceptors (Lipinski definition) is 8. The maximum Gasteiger partial charge on any atom is 0.573 e. The Morgan fingerprint density at radius 2 is 1.52 bits per heavy atom. The Bertz CT molecular complexity index is 1430. The van der Waals surface area contributed by atoms with Gasteiger partial charge in [-0.15, -0.1) is 25.6 Å². The second-order valence-electron chi connectivity index (χ2n) is 13.0. The Morgan fingerprint density at radius 1 is 0.920 bits per heavy atom. The molecule has 2 aromatic rings. The van der Waals surface area contributed by atoms with E-state index in [0.29, 0.717) is 38.8 Å². The van der Waals surface area contributed by atoms with Crippen LogP contribution in [-0.4, -0.2) is 81.9 Å². The average Bonchev–Trinajstić information content (AvgIpc) is 3.69. The van der Waals surface area contributed by atoms with E-state index in [0.717, 1.165) is 43.2 Å². The average molecular weight is 725 g/mol. The van der Waals surface area contributed by atoms with E-state index >= 15 is 0 Å². The van der Waals surface area contributed by atoms with Gasteiger partial charge in [0.25, 0.3) is 0 Å². The predicted molar refractivity (Wildman–Crippen MR) is 181 cm³/mol. The summed E-state index contributed by atoms with van der Waals surface area (Å²) in [6.07, 6.45) is 0.251. The lowest BCUT2D eigenvalue weighted by Crippen LogP contribution is -2.56. The smallest absolute Gasteiger partial charge is 0.444 e. The minimum Gasteiger partial charge on any atom is -0.444 e. The van der Waals surface area contributed by atoms with Gasteiger partial charge in [0, 0.05) is 31.6 Å². The number of fused-ring (bicyclic) bond motifs is 2. The Kier molecular flexibility index (Phi) is 14.2. The lowest BCUT2D eigenvalue weighted by Gasteiger charge is -2.30. The third kappa shape index (κ3) is 10.7. The van der Waals surface area contributed by atoms with Crippen LogP contribution in [-0.2, 0) is 34.0 Å². The van der Waals surface area contributed by atoms with Gasteiger partial charge in [-0.2, -0.15) is 0 Å². The number of alkyl halides is 3. The molecule has 2 aromatic carbocycles. The minimum absolute atomic E-state index is 0. The molecule has 5 rings (SSSR count). The zero-order valence-electron chi connectivity index (χ0n) is 27.8. The molecule has 50 heavy (non-hydrogen) atoms. The number of hydrogen-bond donors (Lipinski definition) is 4. The zero-order valence-corrected chi connectivity index (χ0v) is 28.6. The molecule has 4 atom stereocenters. The van der Waals surface area contributed by atoms with Crippen LogP contribution in [0, 0.1) is 0 Å². The second kappa shape index (κ2) is 18.1. The highest BCUT2D eigenvalue weighted by molar-refractivity contribution is 6.43. The maximum atomic E-state index is 14.3. The summed E-state index contributed by atoms with van der Waals surface area (Å²) in [6, 6.07) is 11.4. The normalized spacial score (nSPS) is 23.7. The summed E-state index contributed by atoms with van der Waals surface area (Å²) in [4.78, 5) is 44.1. The van der Waals surface area contributed by atoms with Gasteiger partial charge in [-0.05, 0) is 30.0 Å². The molecule has 3 heterocycles. The molecule has 0 spiro atoms. The number of halogens is 4. The van der Waals surface area contributed by atoms with E-state index < -0.39 is 55.5 Å². The van der Waals surface area contributed by atoms with Gasteiger partial charge in [0.2, 0.25) is 11.8 Å². The molecular formula is C34H45BClF3N4O7. The van der Waals surface area contributed by atoms with Gasteiger partial charge in [0.05, 0.1) is 18.5 Å². The molecule has 0 aliphatic carbocycles. The quantitative estimate of drug-likeness (QED) is 0.317. The van der Waals surface area contributed by atoms with E-state index in [4.69, 9.17) is 4.74 Å². The van der Waals surface area contributed by atoms with Crippen molar-refractivity contribution in [1.29, 1.82) is 0 Å². The molecule has 0 aromatic heterocycles. The highest BCUT2D eigenvalue weighted by Gasteiger charge is 2.45. The SMILES string of the molecule is Cl.O=C1N[C@@H](B(O)O)CCCCCCCCCC(NCc2ccccc2OC(F)(F)F)C(=O)N2C[C@H](OC(=O)N3Cc4ccccc4C3)C[C@@H]12. The number of amides is 3. The molecule has 0 radical (unpaired) electrons. The summed E-state index contributed by atoms with van der Waals surface area (Å²) in [5.41, 5.74) is 2.22. The summed E-state index contributed by atoms with van der Waals surface area (Å²) in [5.74, 6) is -2.41. The molecule has 3 aliphatic rings. The van der Waals surface area contributed by atoms with E-state index in [1.807, 2.05) is 24.3 Å². The fraction of sp³-hybridized carbons (Fsp3) is 0.559. The third-order valence-electron chi connectivity index (χ3n) is 9.45. The number of carbonyl (C=O) groups is 3. The Morgan fingerprint density at radius 3 is 2.16 bits per heavy atom. The standard InChI is InChI=1S/C34H44BF3N4O7.ClH/c36-34(37,38)49-29-16-11-10-12-23(29)19-39-27-15-6-4-2-1-3-5-7-17-30(35(46)47)40-31(43)28-18-26(22-42(28)32(27)44)48-33(45)41-20-24-13-8-9-14-25(24)21-41;/h8-14,16,26-28,30,39,46-47H,1-7,15,17-22H2,(H,40,43);1H/t26-,27?,28+,30-;/m1./s1. The molecule has 0 bridgehead atoms. The molecule has 11 nitrogen and oxygen atoms in total. The lowest BCUT2D eigenvalue weighted by molar-refractivity contribution is -0.274. The first-order valence-corrected chi connectivity index (χ1v) is 17.0. The molecule has 1 unspecified atom stereocenters. The van der Waals surface area contributed by atoms with Crippen molar-refractivity contribution in [3.05, 3.63) is 65.2 Å². The Balaban J connectivity index is 0.00000562. The van der Waals surface area contributed by atoms with Crippen LogP contribution in [0.1, 0.15) is 80.9 Å². The van der Waals surface area contributed by atoms with Crippen molar-refractivity contribution in [1.82, 2.24) is 20.4 Å². The highest BCUT2D eigenvalue weighted by Crippen LogP contribution is 2.29. The third-order valence-corrected chi connectivity index (χ3v) is 9.45.